The molecule has 0 aliphatic carbocycles. The first-order valence-electron chi connectivity index (χ1n) is 12.8. The fraction of sp³-hybridized carbons (Fsp3) is 0.345. The molecule has 0 heterocycles. The second-order valence-electron chi connectivity index (χ2n) is 10.1. The Morgan fingerprint density at radius 3 is 1.95 bits per heavy atom. The van der Waals surface area contributed by atoms with Gasteiger partial charge in [-0.05, 0) is 75.5 Å². The molecule has 0 radical (unpaired) electrons. The molecule has 0 unspecified atom stereocenters. The van der Waals surface area contributed by atoms with Crippen LogP contribution in [-0.2, 0) is 37.7 Å². The van der Waals surface area contributed by atoms with Gasteiger partial charge < -0.3 is 5.11 Å². The van der Waals surface area contributed by atoms with Crippen molar-refractivity contribution in [3.05, 3.63) is 80.8 Å². The fourth-order valence-corrected chi connectivity index (χ4v) is 6.92. The number of aliphatic hydroxyl groups is 1. The molecule has 216 valence electrons. The van der Waals surface area contributed by atoms with Crippen LogP contribution in [0.1, 0.15) is 68.7 Å². The Balaban J connectivity index is 2.01. The first-order valence-corrected chi connectivity index (χ1v) is 16.6. The van der Waals surface area contributed by atoms with E-state index in [0.29, 0.717) is 10.0 Å². The fourth-order valence-electron chi connectivity index (χ4n) is 4.50. The third-order valence-electron chi connectivity index (χ3n) is 6.63. The number of hydrogen-bond donors (Lipinski definition) is 2. The number of halogens is 2. The van der Waals surface area contributed by atoms with Gasteiger partial charge in [0.25, 0.3) is 10.0 Å². The van der Waals surface area contributed by atoms with Crippen molar-refractivity contribution < 1.29 is 26.7 Å². The van der Waals surface area contributed by atoms with Gasteiger partial charge in [-0.3, -0.25) is 4.79 Å². The molecule has 40 heavy (non-hydrogen) atoms. The van der Waals surface area contributed by atoms with Gasteiger partial charge in [0, 0.05) is 0 Å². The van der Waals surface area contributed by atoms with Crippen LogP contribution in [0.4, 0.5) is 0 Å². The molecule has 7 nitrogen and oxygen atoms in total. The lowest BCUT2D eigenvalue weighted by Gasteiger charge is -2.22. The summed E-state index contributed by atoms with van der Waals surface area (Å²) in [7, 11) is -8.02. The van der Waals surface area contributed by atoms with E-state index in [1.807, 2.05) is 45.9 Å². The van der Waals surface area contributed by atoms with Gasteiger partial charge >= 0.3 is 0 Å². The minimum Gasteiger partial charge on any atom is -0.392 e. The average molecular weight is 627 g/mol. The Kier molecular flexibility index (Phi) is 10.1. The van der Waals surface area contributed by atoms with Crippen molar-refractivity contribution in [2.75, 3.05) is 5.75 Å². The van der Waals surface area contributed by atoms with Crippen LogP contribution in [0.15, 0.2) is 58.3 Å². The first kappa shape index (κ1) is 32.1. The molecule has 0 atom stereocenters. The number of hydrogen-bond acceptors (Lipinski definition) is 6. The highest BCUT2D eigenvalue weighted by atomic mass is 35.5. The molecular weight excluding hydrogens is 593 g/mol. The normalized spacial score (nSPS) is 12.2. The van der Waals surface area contributed by atoms with Gasteiger partial charge in [-0.2, -0.15) is 0 Å². The van der Waals surface area contributed by atoms with Gasteiger partial charge in [-0.25, -0.2) is 21.6 Å². The lowest BCUT2D eigenvalue weighted by molar-refractivity contribution is -0.118. The number of aliphatic hydroxyl groups excluding tert-OH is 1. The molecule has 0 aliphatic heterocycles. The van der Waals surface area contributed by atoms with Crippen molar-refractivity contribution in [2.24, 2.45) is 0 Å². The van der Waals surface area contributed by atoms with Crippen molar-refractivity contribution in [3.8, 4) is 11.1 Å². The summed E-state index contributed by atoms with van der Waals surface area (Å²) >= 11 is 12.4. The topological polar surface area (TPSA) is 118 Å². The molecular formula is C29H33Cl2NO6S2. The second kappa shape index (κ2) is 12.6. The monoisotopic (exact) mass is 625 g/mol. The maximum Gasteiger partial charge on any atom is 0.264 e. The third-order valence-corrected chi connectivity index (χ3v) is 10.6. The first-order chi connectivity index (χ1) is 18.6. The molecule has 3 aromatic rings. The Morgan fingerprint density at radius 1 is 0.850 bits per heavy atom. The summed E-state index contributed by atoms with van der Waals surface area (Å²) in [5.41, 5.74) is 4.16. The molecule has 11 heteroatoms. The highest BCUT2D eigenvalue weighted by Crippen LogP contribution is 2.36. The van der Waals surface area contributed by atoms with Crippen LogP contribution in [0.3, 0.4) is 0 Å². The summed E-state index contributed by atoms with van der Waals surface area (Å²) in [6.45, 7) is 8.73. The predicted octanol–water partition coefficient (Wildman–Crippen LogP) is 6.24. The minimum atomic E-state index is -4.40. The number of rotatable bonds is 10. The van der Waals surface area contributed by atoms with Crippen LogP contribution >= 0.6 is 23.2 Å². The number of sulfonamides is 1. The smallest absolute Gasteiger partial charge is 0.264 e. The van der Waals surface area contributed by atoms with Crippen LogP contribution in [0.5, 0.6) is 0 Å². The van der Waals surface area contributed by atoms with Crippen LogP contribution in [0, 0.1) is 0 Å². The summed E-state index contributed by atoms with van der Waals surface area (Å²) in [5.74, 6) is -0.886. The predicted molar refractivity (Wildman–Crippen MR) is 159 cm³/mol. The Morgan fingerprint density at radius 2 is 1.45 bits per heavy atom. The Bertz CT molecular complexity index is 1620. The molecule has 0 fully saturated rings. The van der Waals surface area contributed by atoms with Crippen molar-refractivity contribution in [2.45, 2.75) is 69.3 Å². The van der Waals surface area contributed by atoms with Crippen molar-refractivity contribution in [1.29, 1.82) is 0 Å². The van der Waals surface area contributed by atoms with Gasteiger partial charge in [-0.1, -0.05) is 76.0 Å². The van der Waals surface area contributed by atoms with E-state index in [1.165, 1.54) is 6.92 Å². The maximum absolute atomic E-state index is 13.2. The van der Waals surface area contributed by atoms with Gasteiger partial charge in [-0.15, -0.1) is 0 Å². The van der Waals surface area contributed by atoms with Gasteiger partial charge in [0.15, 0.2) is 9.84 Å². The largest absolute Gasteiger partial charge is 0.392 e. The van der Waals surface area contributed by atoms with Gasteiger partial charge in [0.05, 0.1) is 38.6 Å². The summed E-state index contributed by atoms with van der Waals surface area (Å²) in [4.78, 5) is 12.7. The van der Waals surface area contributed by atoms with Crippen LogP contribution in [0.2, 0.25) is 10.0 Å². The molecule has 0 saturated heterocycles. The van der Waals surface area contributed by atoms with E-state index in [1.54, 1.807) is 12.1 Å². The standard InChI is InChI=1S/C29H33Cl2NO6S2/c1-6-39(35,36)22-8-10-28(21(11-22)16-33)40(37,38)32-29(34)15-25-23(17(2)3)12-20(13-24(25)18(4)5)19-7-9-26(30)27(31)14-19/h7-14,17-18,33H,6,15-16H2,1-5H3,(H,32,34). The zero-order valence-electron chi connectivity index (χ0n) is 23.0. The number of benzene rings is 3. The summed E-state index contributed by atoms with van der Waals surface area (Å²) < 4.78 is 52.9. The second-order valence-corrected chi connectivity index (χ2v) is 14.9. The van der Waals surface area contributed by atoms with E-state index in [2.05, 4.69) is 4.72 Å². The van der Waals surface area contributed by atoms with E-state index in [9.17, 15) is 26.7 Å². The number of nitrogens with one attached hydrogen (secondary N) is 1. The van der Waals surface area contributed by atoms with E-state index in [4.69, 9.17) is 23.2 Å². The molecule has 0 aromatic heterocycles. The van der Waals surface area contributed by atoms with E-state index >= 15 is 0 Å². The van der Waals surface area contributed by atoms with Crippen molar-refractivity contribution >= 4 is 49.0 Å². The maximum atomic E-state index is 13.2. The highest BCUT2D eigenvalue weighted by molar-refractivity contribution is 7.91. The number of amides is 1. The quantitative estimate of drug-likeness (QED) is 0.275. The zero-order valence-corrected chi connectivity index (χ0v) is 26.1. The average Bonchev–Trinajstić information content (AvgIpc) is 2.89. The molecule has 2 N–H and O–H groups in total. The van der Waals surface area contributed by atoms with Crippen molar-refractivity contribution in [3.63, 3.8) is 0 Å². The van der Waals surface area contributed by atoms with E-state index in [0.717, 1.165) is 46.0 Å². The summed E-state index contributed by atoms with van der Waals surface area (Å²) in [5, 5.41) is 10.6. The Labute approximate surface area is 246 Å². The van der Waals surface area contributed by atoms with Crippen LogP contribution in [0.25, 0.3) is 11.1 Å². The SMILES string of the molecule is CCS(=O)(=O)c1ccc(S(=O)(=O)NC(=O)Cc2c(C(C)C)cc(-c3ccc(Cl)c(Cl)c3)cc2C(C)C)c(CO)c1. The number of carbonyl (C=O) groups excluding carboxylic acids is 1. The van der Waals surface area contributed by atoms with E-state index in [-0.39, 0.29) is 39.4 Å². The Hall–Kier alpha value is -2.43. The molecule has 0 spiro atoms. The number of carbonyl (C=O) groups is 1. The summed E-state index contributed by atoms with van der Waals surface area (Å²) in [6.07, 6.45) is -0.196. The summed E-state index contributed by atoms with van der Waals surface area (Å²) in [6, 6.07) is 12.7. The van der Waals surface area contributed by atoms with E-state index < -0.39 is 32.4 Å². The third kappa shape index (κ3) is 7.06. The molecule has 3 rings (SSSR count). The molecule has 3 aromatic carbocycles. The van der Waals surface area contributed by atoms with Gasteiger partial charge in [0.2, 0.25) is 5.91 Å². The van der Waals surface area contributed by atoms with Gasteiger partial charge in [0.1, 0.15) is 0 Å². The number of sulfone groups is 1. The van der Waals surface area contributed by atoms with Crippen molar-refractivity contribution in [1.82, 2.24) is 4.72 Å². The minimum absolute atomic E-state index is 0.0219. The van der Waals surface area contributed by atoms with Crippen LogP contribution < -0.4 is 4.72 Å². The van der Waals surface area contributed by atoms with Crippen LogP contribution in [-0.4, -0.2) is 33.6 Å². The molecule has 0 saturated carbocycles. The lowest BCUT2D eigenvalue weighted by Crippen LogP contribution is -2.33. The zero-order chi connectivity index (χ0) is 30.0. The molecule has 0 bridgehead atoms. The highest BCUT2D eigenvalue weighted by Gasteiger charge is 2.25. The molecule has 1 amide bonds. The molecule has 0 aliphatic rings. The lowest BCUT2D eigenvalue weighted by atomic mass is 9.84.